The molecule has 1 atom stereocenters. The van der Waals surface area contributed by atoms with Crippen molar-refractivity contribution in [3.05, 3.63) is 66.0 Å². The molecule has 1 saturated heterocycles. The zero-order valence-corrected chi connectivity index (χ0v) is 14.5. The Balaban J connectivity index is 1.62. The maximum atomic E-state index is 12.8. The number of benzene rings is 1. The molecule has 1 aliphatic rings. The van der Waals surface area contributed by atoms with Gasteiger partial charge in [0.1, 0.15) is 6.04 Å². The average Bonchev–Trinajstić information content (AvgIpc) is 3.01. The van der Waals surface area contributed by atoms with Crippen LogP contribution in [0.5, 0.6) is 0 Å². The molecule has 1 aromatic heterocycles. The highest BCUT2D eigenvalue weighted by atomic mass is 16.2. The topological polar surface area (TPSA) is 53.5 Å². The zero-order chi connectivity index (χ0) is 17.6. The summed E-state index contributed by atoms with van der Waals surface area (Å²) in [6.45, 7) is 1.13. The van der Waals surface area contributed by atoms with E-state index in [4.69, 9.17) is 0 Å². The summed E-state index contributed by atoms with van der Waals surface area (Å²) in [4.78, 5) is 32.5. The number of likely N-dealkylation sites (tertiary alicyclic amines) is 1. The lowest BCUT2D eigenvalue weighted by Gasteiger charge is -2.28. The number of carbonyl (C=O) groups excluding carboxylic acids is 2. The van der Waals surface area contributed by atoms with Crippen LogP contribution in [0.4, 0.5) is 0 Å². The highest BCUT2D eigenvalue weighted by Gasteiger charge is 2.37. The molecule has 0 spiro atoms. The van der Waals surface area contributed by atoms with E-state index in [1.54, 1.807) is 22.2 Å². The van der Waals surface area contributed by atoms with E-state index in [2.05, 4.69) is 4.98 Å². The third-order valence-electron chi connectivity index (χ3n) is 4.67. The number of amides is 2. The van der Waals surface area contributed by atoms with Crippen LogP contribution in [-0.4, -0.2) is 46.2 Å². The van der Waals surface area contributed by atoms with Crippen molar-refractivity contribution in [2.45, 2.75) is 31.8 Å². The number of pyridine rings is 1. The van der Waals surface area contributed by atoms with Gasteiger partial charge < -0.3 is 9.80 Å². The summed E-state index contributed by atoms with van der Waals surface area (Å²) in [6, 6.07) is 13.4. The highest BCUT2D eigenvalue weighted by molar-refractivity contribution is 5.90. The van der Waals surface area contributed by atoms with E-state index in [0.717, 1.165) is 17.5 Å². The van der Waals surface area contributed by atoms with Crippen LogP contribution in [0.1, 0.15) is 24.0 Å². The van der Waals surface area contributed by atoms with E-state index in [-0.39, 0.29) is 17.9 Å². The van der Waals surface area contributed by atoms with Crippen LogP contribution >= 0.6 is 0 Å². The van der Waals surface area contributed by atoms with Crippen LogP contribution in [0.3, 0.4) is 0 Å². The van der Waals surface area contributed by atoms with Crippen molar-refractivity contribution in [3.8, 4) is 0 Å². The summed E-state index contributed by atoms with van der Waals surface area (Å²) in [5.74, 6) is 0.0839. The molecule has 130 valence electrons. The fourth-order valence-corrected chi connectivity index (χ4v) is 3.18. The maximum absolute atomic E-state index is 12.8. The number of aromatic nitrogens is 1. The average molecular weight is 337 g/mol. The number of rotatable bonds is 6. The van der Waals surface area contributed by atoms with Gasteiger partial charge in [-0.1, -0.05) is 30.3 Å². The predicted octanol–water partition coefficient (Wildman–Crippen LogP) is 2.27. The second kappa shape index (κ2) is 7.92. The van der Waals surface area contributed by atoms with E-state index in [9.17, 15) is 9.59 Å². The van der Waals surface area contributed by atoms with Crippen molar-refractivity contribution in [2.24, 2.45) is 0 Å². The quantitative estimate of drug-likeness (QED) is 0.812. The van der Waals surface area contributed by atoms with Crippen molar-refractivity contribution >= 4 is 11.8 Å². The number of hydrogen-bond donors (Lipinski definition) is 0. The Hall–Kier alpha value is -2.69. The van der Waals surface area contributed by atoms with Crippen LogP contribution in [0, 0.1) is 0 Å². The molecule has 1 aromatic carbocycles. The van der Waals surface area contributed by atoms with Gasteiger partial charge in [0.2, 0.25) is 11.8 Å². The Morgan fingerprint density at radius 2 is 1.88 bits per heavy atom. The second-order valence-electron chi connectivity index (χ2n) is 6.43. The normalized spacial score (nSPS) is 16.9. The lowest BCUT2D eigenvalue weighted by molar-refractivity contribution is -0.140. The molecule has 2 aromatic rings. The lowest BCUT2D eigenvalue weighted by atomic mass is 10.1. The molecule has 0 aliphatic carbocycles. The summed E-state index contributed by atoms with van der Waals surface area (Å²) in [5.41, 5.74) is 2.20. The molecule has 5 heteroatoms. The summed E-state index contributed by atoms with van der Waals surface area (Å²) < 4.78 is 0. The monoisotopic (exact) mass is 337 g/mol. The molecule has 0 N–H and O–H groups in total. The summed E-state index contributed by atoms with van der Waals surface area (Å²) in [5, 5.41) is 0. The first-order valence-electron chi connectivity index (χ1n) is 8.62. The molecule has 1 unspecified atom stereocenters. The molecule has 0 saturated carbocycles. The summed E-state index contributed by atoms with van der Waals surface area (Å²) in [6.07, 6.45) is 5.35. The number of carbonyl (C=O) groups is 2. The molecule has 3 rings (SSSR count). The van der Waals surface area contributed by atoms with E-state index < -0.39 is 0 Å². The van der Waals surface area contributed by atoms with E-state index in [1.165, 1.54) is 0 Å². The molecule has 5 nitrogen and oxygen atoms in total. The van der Waals surface area contributed by atoms with Gasteiger partial charge in [-0.2, -0.15) is 0 Å². The molecule has 0 bridgehead atoms. The predicted molar refractivity (Wildman–Crippen MR) is 95.6 cm³/mol. The first-order chi connectivity index (χ1) is 12.1. The molecule has 1 aliphatic heterocycles. The molecule has 1 fully saturated rings. The van der Waals surface area contributed by atoms with Gasteiger partial charge in [0.15, 0.2) is 0 Å². The van der Waals surface area contributed by atoms with E-state index >= 15 is 0 Å². The van der Waals surface area contributed by atoms with Gasteiger partial charge in [-0.05, 0) is 36.1 Å². The molecule has 25 heavy (non-hydrogen) atoms. The first-order valence-corrected chi connectivity index (χ1v) is 8.62. The Labute approximate surface area is 148 Å². The fourth-order valence-electron chi connectivity index (χ4n) is 3.18. The van der Waals surface area contributed by atoms with Crippen molar-refractivity contribution in [3.63, 3.8) is 0 Å². The van der Waals surface area contributed by atoms with Crippen LogP contribution in [0.2, 0.25) is 0 Å². The Morgan fingerprint density at radius 3 is 2.60 bits per heavy atom. The van der Waals surface area contributed by atoms with E-state index in [0.29, 0.717) is 25.9 Å². The zero-order valence-electron chi connectivity index (χ0n) is 14.5. The van der Waals surface area contributed by atoms with Crippen LogP contribution in [0.15, 0.2) is 54.9 Å². The van der Waals surface area contributed by atoms with Gasteiger partial charge in [-0.15, -0.1) is 0 Å². The Morgan fingerprint density at radius 1 is 1.16 bits per heavy atom. The third kappa shape index (κ3) is 4.24. The van der Waals surface area contributed by atoms with E-state index in [1.807, 2.05) is 49.5 Å². The van der Waals surface area contributed by atoms with Crippen molar-refractivity contribution in [1.29, 1.82) is 0 Å². The van der Waals surface area contributed by atoms with Crippen LogP contribution in [-0.2, 0) is 22.6 Å². The third-order valence-corrected chi connectivity index (χ3v) is 4.67. The van der Waals surface area contributed by atoms with Crippen molar-refractivity contribution < 1.29 is 9.59 Å². The highest BCUT2D eigenvalue weighted by Crippen LogP contribution is 2.23. The smallest absolute Gasteiger partial charge is 0.245 e. The summed E-state index contributed by atoms with van der Waals surface area (Å²) in [7, 11) is 1.81. The minimum absolute atomic E-state index is 0.0239. The first kappa shape index (κ1) is 17.1. The second-order valence-corrected chi connectivity index (χ2v) is 6.43. The fraction of sp³-hybridized carbons (Fsp3) is 0.350. The SMILES string of the molecule is CN(CCc1ccncc1)C(=O)C1CCC(=O)N1Cc1ccccc1. The lowest BCUT2D eigenvalue weighted by Crippen LogP contribution is -2.45. The molecular weight excluding hydrogens is 314 g/mol. The van der Waals surface area contributed by atoms with Gasteiger partial charge in [0, 0.05) is 39.0 Å². The van der Waals surface area contributed by atoms with Gasteiger partial charge in [0.05, 0.1) is 0 Å². The molecule has 2 heterocycles. The van der Waals surface area contributed by atoms with Crippen LogP contribution < -0.4 is 0 Å². The molecule has 0 radical (unpaired) electrons. The molecule has 2 amide bonds. The van der Waals surface area contributed by atoms with Gasteiger partial charge in [-0.25, -0.2) is 0 Å². The van der Waals surface area contributed by atoms with Gasteiger partial charge >= 0.3 is 0 Å². The minimum Gasteiger partial charge on any atom is -0.344 e. The summed E-state index contributed by atoms with van der Waals surface area (Å²) >= 11 is 0. The minimum atomic E-state index is -0.352. The van der Waals surface area contributed by atoms with Gasteiger partial charge in [-0.3, -0.25) is 14.6 Å². The largest absolute Gasteiger partial charge is 0.344 e. The number of likely N-dealkylation sites (N-methyl/N-ethyl adjacent to an activating group) is 1. The number of nitrogens with zero attached hydrogens (tertiary/aromatic N) is 3. The number of hydrogen-bond acceptors (Lipinski definition) is 3. The Bertz CT molecular complexity index is 718. The standard InChI is InChI=1S/C20H23N3O2/c1-22(14-11-16-9-12-21-13-10-16)20(25)18-7-8-19(24)23(18)15-17-5-3-2-4-6-17/h2-6,9-10,12-13,18H,7-8,11,14-15H2,1H3. The van der Waals surface area contributed by atoms with Crippen molar-refractivity contribution in [2.75, 3.05) is 13.6 Å². The van der Waals surface area contributed by atoms with Crippen LogP contribution in [0.25, 0.3) is 0 Å². The Kier molecular flexibility index (Phi) is 5.43. The molecular formula is C20H23N3O2. The van der Waals surface area contributed by atoms with Crippen molar-refractivity contribution in [1.82, 2.24) is 14.8 Å². The van der Waals surface area contributed by atoms with Gasteiger partial charge in [0.25, 0.3) is 0 Å². The maximum Gasteiger partial charge on any atom is 0.245 e.